The van der Waals surface area contributed by atoms with Crippen LogP contribution in [0.2, 0.25) is 0 Å². The average molecular weight is 194 g/mol. The third-order valence-electron chi connectivity index (χ3n) is 3.65. The highest BCUT2D eigenvalue weighted by Crippen LogP contribution is 2.31. The number of allylic oxidation sites excluding steroid dienone is 2. The van der Waals surface area contributed by atoms with Gasteiger partial charge in [0, 0.05) is 0 Å². The van der Waals surface area contributed by atoms with Crippen molar-refractivity contribution in [1.29, 1.82) is 0 Å². The molecule has 1 aliphatic rings. The van der Waals surface area contributed by atoms with Crippen molar-refractivity contribution < 1.29 is 0 Å². The maximum atomic E-state index is 2.45. The van der Waals surface area contributed by atoms with E-state index in [0.717, 1.165) is 11.8 Å². The molecule has 0 aliphatic heterocycles. The van der Waals surface area contributed by atoms with E-state index in [9.17, 15) is 0 Å². The first kappa shape index (κ1) is 11.8. The van der Waals surface area contributed by atoms with Crippen molar-refractivity contribution in [1.82, 2.24) is 0 Å². The zero-order chi connectivity index (χ0) is 10.2. The summed E-state index contributed by atoms with van der Waals surface area (Å²) >= 11 is 0. The van der Waals surface area contributed by atoms with Gasteiger partial charge in [0.2, 0.25) is 0 Å². The normalized spacial score (nSPS) is 21.6. The minimum Gasteiger partial charge on any atom is -0.0888 e. The fourth-order valence-corrected chi connectivity index (χ4v) is 2.58. The Kier molecular flexibility index (Phi) is 5.98. The molecule has 1 unspecified atom stereocenters. The largest absolute Gasteiger partial charge is 0.0888 e. The first-order chi connectivity index (χ1) is 6.84. The second kappa shape index (κ2) is 7.09. The molecule has 1 saturated carbocycles. The van der Waals surface area contributed by atoms with E-state index in [4.69, 9.17) is 0 Å². The molecule has 1 rings (SSSR count). The van der Waals surface area contributed by atoms with Crippen molar-refractivity contribution in [2.45, 2.75) is 65.2 Å². The lowest BCUT2D eigenvalue weighted by molar-refractivity contribution is 0.253. The lowest BCUT2D eigenvalue weighted by atomic mass is 9.79. The van der Waals surface area contributed by atoms with Gasteiger partial charge in [-0.1, -0.05) is 58.1 Å². The van der Waals surface area contributed by atoms with Gasteiger partial charge in [0.1, 0.15) is 0 Å². The van der Waals surface area contributed by atoms with Crippen LogP contribution >= 0.6 is 0 Å². The number of hydrogen-bond acceptors (Lipinski definition) is 0. The highest BCUT2D eigenvalue weighted by atomic mass is 14.2. The van der Waals surface area contributed by atoms with Crippen molar-refractivity contribution in [3.8, 4) is 0 Å². The Balaban J connectivity index is 2.13. The monoisotopic (exact) mass is 194 g/mol. The van der Waals surface area contributed by atoms with Crippen LogP contribution in [0.3, 0.4) is 0 Å². The van der Waals surface area contributed by atoms with Crippen molar-refractivity contribution in [2.24, 2.45) is 11.8 Å². The molecule has 0 spiro atoms. The van der Waals surface area contributed by atoms with Crippen LogP contribution in [-0.2, 0) is 0 Å². The minimum atomic E-state index is 0.955. The molecule has 82 valence electrons. The molecular weight excluding hydrogens is 168 g/mol. The highest BCUT2D eigenvalue weighted by molar-refractivity contribution is 4.81. The predicted molar refractivity (Wildman–Crippen MR) is 64.4 cm³/mol. The zero-order valence-corrected chi connectivity index (χ0v) is 9.97. The fraction of sp³-hybridized carbons (Fsp3) is 0.857. The van der Waals surface area contributed by atoms with Crippen molar-refractivity contribution in [3.05, 3.63) is 12.2 Å². The van der Waals surface area contributed by atoms with Crippen LogP contribution in [0.5, 0.6) is 0 Å². The second-order valence-corrected chi connectivity index (χ2v) is 4.83. The second-order valence-electron chi connectivity index (χ2n) is 4.83. The van der Waals surface area contributed by atoms with Gasteiger partial charge in [-0.05, 0) is 31.1 Å². The Morgan fingerprint density at radius 1 is 1.14 bits per heavy atom. The Labute approximate surface area is 89.8 Å². The fourth-order valence-electron chi connectivity index (χ4n) is 2.58. The van der Waals surface area contributed by atoms with Crippen molar-refractivity contribution >= 4 is 0 Å². The molecule has 0 saturated heterocycles. The molecule has 1 aliphatic carbocycles. The van der Waals surface area contributed by atoms with Gasteiger partial charge in [0.15, 0.2) is 0 Å². The van der Waals surface area contributed by atoms with E-state index < -0.39 is 0 Å². The summed E-state index contributed by atoms with van der Waals surface area (Å²) in [5, 5.41) is 0. The van der Waals surface area contributed by atoms with Gasteiger partial charge in [0.05, 0.1) is 0 Å². The van der Waals surface area contributed by atoms with E-state index in [1.807, 2.05) is 0 Å². The van der Waals surface area contributed by atoms with Crippen molar-refractivity contribution in [3.63, 3.8) is 0 Å². The van der Waals surface area contributed by atoms with Crippen molar-refractivity contribution in [2.75, 3.05) is 0 Å². The summed E-state index contributed by atoms with van der Waals surface area (Å²) in [7, 11) is 0. The smallest absolute Gasteiger partial charge is 0.0348 e. The van der Waals surface area contributed by atoms with Crippen LogP contribution in [0.4, 0.5) is 0 Å². The van der Waals surface area contributed by atoms with Crippen LogP contribution in [0.25, 0.3) is 0 Å². The molecule has 1 fully saturated rings. The summed E-state index contributed by atoms with van der Waals surface area (Å²) in [5.74, 6) is 2.00. The summed E-state index contributed by atoms with van der Waals surface area (Å²) in [5.41, 5.74) is 0. The molecule has 0 aromatic carbocycles. The summed E-state index contributed by atoms with van der Waals surface area (Å²) in [6.45, 7) is 4.66. The van der Waals surface area contributed by atoms with E-state index >= 15 is 0 Å². The van der Waals surface area contributed by atoms with Gasteiger partial charge < -0.3 is 0 Å². The van der Waals surface area contributed by atoms with E-state index in [-0.39, 0.29) is 0 Å². The summed E-state index contributed by atoms with van der Waals surface area (Å²) in [6, 6.07) is 0. The van der Waals surface area contributed by atoms with Crippen LogP contribution in [-0.4, -0.2) is 0 Å². The lowest BCUT2D eigenvalue weighted by Crippen LogP contribution is -2.14. The summed E-state index contributed by atoms with van der Waals surface area (Å²) in [6.07, 6.45) is 16.0. The van der Waals surface area contributed by atoms with E-state index in [0.29, 0.717) is 0 Å². The molecule has 1 atom stereocenters. The topological polar surface area (TPSA) is 0 Å². The van der Waals surface area contributed by atoms with Crippen LogP contribution in [0.1, 0.15) is 65.2 Å². The Bertz CT molecular complexity index is 151. The quantitative estimate of drug-likeness (QED) is 0.543. The van der Waals surface area contributed by atoms with Gasteiger partial charge in [-0.15, -0.1) is 0 Å². The van der Waals surface area contributed by atoms with Gasteiger partial charge in [-0.3, -0.25) is 0 Å². The Morgan fingerprint density at radius 3 is 2.50 bits per heavy atom. The van der Waals surface area contributed by atoms with E-state index in [1.54, 1.807) is 0 Å². The number of rotatable bonds is 5. The molecular formula is C14H26. The van der Waals surface area contributed by atoms with Crippen LogP contribution < -0.4 is 0 Å². The molecule has 0 radical (unpaired) electrons. The molecule has 0 amide bonds. The van der Waals surface area contributed by atoms with E-state index in [1.165, 1.54) is 51.4 Å². The molecule has 0 aromatic heterocycles. The maximum absolute atomic E-state index is 2.45. The molecule has 0 heterocycles. The lowest BCUT2D eigenvalue weighted by Gasteiger charge is -2.27. The molecule has 0 heteroatoms. The summed E-state index contributed by atoms with van der Waals surface area (Å²) < 4.78 is 0. The third-order valence-corrected chi connectivity index (χ3v) is 3.65. The average Bonchev–Trinajstić information content (AvgIpc) is 2.25. The molecule has 0 bridgehead atoms. The van der Waals surface area contributed by atoms with Gasteiger partial charge >= 0.3 is 0 Å². The SMILES string of the molecule is CCC=CCCC(C)C1CCCCC1. The highest BCUT2D eigenvalue weighted by Gasteiger charge is 2.18. The first-order valence-electron chi connectivity index (χ1n) is 6.49. The summed E-state index contributed by atoms with van der Waals surface area (Å²) in [4.78, 5) is 0. The Morgan fingerprint density at radius 2 is 1.86 bits per heavy atom. The third kappa shape index (κ3) is 4.30. The standard InChI is InChI=1S/C14H26/c1-3-4-5-7-10-13(2)14-11-8-6-9-12-14/h4-5,13-14H,3,6-12H2,1-2H3. The maximum Gasteiger partial charge on any atom is -0.0348 e. The van der Waals surface area contributed by atoms with E-state index in [2.05, 4.69) is 26.0 Å². The molecule has 0 nitrogen and oxygen atoms in total. The van der Waals surface area contributed by atoms with Crippen LogP contribution in [0, 0.1) is 11.8 Å². The first-order valence-corrected chi connectivity index (χ1v) is 6.49. The Hall–Kier alpha value is -0.260. The van der Waals surface area contributed by atoms with Gasteiger partial charge in [0.25, 0.3) is 0 Å². The molecule has 14 heavy (non-hydrogen) atoms. The molecule has 0 N–H and O–H groups in total. The number of hydrogen-bond donors (Lipinski definition) is 0. The molecule has 0 aromatic rings. The minimum absolute atomic E-state index is 0.955. The van der Waals surface area contributed by atoms with Gasteiger partial charge in [-0.2, -0.15) is 0 Å². The van der Waals surface area contributed by atoms with Crippen LogP contribution in [0.15, 0.2) is 12.2 Å². The predicted octanol–water partition coefficient (Wildman–Crippen LogP) is 4.95. The zero-order valence-electron chi connectivity index (χ0n) is 9.97. The van der Waals surface area contributed by atoms with Gasteiger partial charge in [-0.25, -0.2) is 0 Å².